The van der Waals surface area contributed by atoms with Gasteiger partial charge in [-0.15, -0.1) is 0 Å². The van der Waals surface area contributed by atoms with E-state index in [1.54, 1.807) is 12.3 Å². The van der Waals surface area contributed by atoms with Crippen LogP contribution >= 0.6 is 22.6 Å². The van der Waals surface area contributed by atoms with Crippen LogP contribution in [0.15, 0.2) is 36.5 Å². The Kier molecular flexibility index (Phi) is 3.96. The van der Waals surface area contributed by atoms with E-state index in [0.717, 1.165) is 14.7 Å². The highest BCUT2D eigenvalue weighted by Gasteiger charge is 2.10. The maximum atomic E-state index is 12.1. The van der Waals surface area contributed by atoms with Gasteiger partial charge in [0.25, 0.3) is 5.91 Å². The summed E-state index contributed by atoms with van der Waals surface area (Å²) in [7, 11) is 0. The third-order valence-corrected chi connectivity index (χ3v) is 3.46. The number of benzene rings is 1. The smallest absolute Gasteiger partial charge is 0.257 e. The van der Waals surface area contributed by atoms with Crippen LogP contribution in [0.25, 0.3) is 0 Å². The molecule has 1 amide bonds. The van der Waals surface area contributed by atoms with Gasteiger partial charge in [-0.2, -0.15) is 0 Å². The van der Waals surface area contributed by atoms with Crippen molar-refractivity contribution < 1.29 is 4.79 Å². The fourth-order valence-electron chi connectivity index (χ4n) is 1.63. The predicted molar refractivity (Wildman–Crippen MR) is 80.8 cm³/mol. The number of rotatable bonds is 2. The molecule has 1 aromatic heterocycles. The molecule has 0 unspecified atom stereocenters. The number of hydrogen-bond acceptors (Lipinski definition) is 2. The van der Waals surface area contributed by atoms with Crippen LogP contribution < -0.4 is 5.32 Å². The maximum Gasteiger partial charge on any atom is 0.257 e. The first-order valence-corrected chi connectivity index (χ1v) is 6.65. The number of aromatic nitrogens is 1. The van der Waals surface area contributed by atoms with E-state index in [1.807, 2.05) is 38.1 Å². The van der Waals surface area contributed by atoms with Crippen LogP contribution in [0.3, 0.4) is 0 Å². The highest BCUT2D eigenvalue weighted by molar-refractivity contribution is 14.1. The van der Waals surface area contributed by atoms with E-state index < -0.39 is 0 Å². The molecule has 0 aliphatic rings. The Bertz CT molecular complexity index is 579. The number of carbonyl (C=O) groups is 1. The van der Waals surface area contributed by atoms with Gasteiger partial charge in [0.2, 0.25) is 0 Å². The summed E-state index contributed by atoms with van der Waals surface area (Å²) < 4.78 is 1.04. The third-order valence-electron chi connectivity index (χ3n) is 2.82. The van der Waals surface area contributed by atoms with Crippen molar-refractivity contribution in [1.82, 2.24) is 4.98 Å². The standard InChI is InChI=1S/C14H13IN2O/c1-9-4-3-5-12(10(9)2)14(18)17-13-7-6-11(15)8-16-13/h3-8H,1-2H3,(H,16,17,18). The lowest BCUT2D eigenvalue weighted by Gasteiger charge is -2.08. The number of nitrogens with zero attached hydrogens (tertiary/aromatic N) is 1. The number of nitrogens with one attached hydrogen (secondary N) is 1. The normalized spacial score (nSPS) is 10.2. The minimum atomic E-state index is -0.120. The number of halogens is 1. The summed E-state index contributed by atoms with van der Waals surface area (Å²) in [6, 6.07) is 9.41. The highest BCUT2D eigenvalue weighted by Crippen LogP contribution is 2.15. The molecule has 3 nitrogen and oxygen atoms in total. The molecular weight excluding hydrogens is 339 g/mol. The molecule has 92 valence electrons. The Labute approximate surface area is 120 Å². The van der Waals surface area contributed by atoms with Crippen LogP contribution in [0, 0.1) is 17.4 Å². The lowest BCUT2D eigenvalue weighted by molar-refractivity contribution is 0.102. The molecule has 0 saturated heterocycles. The molecular formula is C14H13IN2O. The van der Waals surface area contributed by atoms with Crippen LogP contribution in [0.1, 0.15) is 21.5 Å². The summed E-state index contributed by atoms with van der Waals surface area (Å²) in [5.74, 6) is 0.450. The number of carbonyl (C=O) groups excluding carboxylic acids is 1. The SMILES string of the molecule is Cc1cccc(C(=O)Nc2ccc(I)cn2)c1C. The predicted octanol–water partition coefficient (Wildman–Crippen LogP) is 3.56. The largest absolute Gasteiger partial charge is 0.307 e. The van der Waals surface area contributed by atoms with Gasteiger partial charge >= 0.3 is 0 Å². The lowest BCUT2D eigenvalue weighted by Crippen LogP contribution is -2.14. The Morgan fingerprint density at radius 1 is 1.22 bits per heavy atom. The van der Waals surface area contributed by atoms with Gasteiger partial charge in [-0.25, -0.2) is 4.98 Å². The molecule has 18 heavy (non-hydrogen) atoms. The number of anilines is 1. The quantitative estimate of drug-likeness (QED) is 0.840. The van der Waals surface area contributed by atoms with E-state index in [0.29, 0.717) is 11.4 Å². The molecule has 0 spiro atoms. The average molecular weight is 352 g/mol. The summed E-state index contributed by atoms with van der Waals surface area (Å²) in [6.45, 7) is 3.95. The first-order valence-electron chi connectivity index (χ1n) is 5.57. The van der Waals surface area contributed by atoms with Crippen LogP contribution in [-0.2, 0) is 0 Å². The molecule has 1 N–H and O–H groups in total. The summed E-state index contributed by atoms with van der Waals surface area (Å²) in [6.07, 6.45) is 1.72. The van der Waals surface area contributed by atoms with Crippen molar-refractivity contribution in [3.63, 3.8) is 0 Å². The molecule has 4 heteroatoms. The highest BCUT2D eigenvalue weighted by atomic mass is 127. The number of amides is 1. The Morgan fingerprint density at radius 2 is 2.00 bits per heavy atom. The van der Waals surface area contributed by atoms with E-state index in [2.05, 4.69) is 32.9 Å². The fourth-order valence-corrected chi connectivity index (χ4v) is 1.95. The van der Waals surface area contributed by atoms with Crippen molar-refractivity contribution in [1.29, 1.82) is 0 Å². The first kappa shape index (κ1) is 13.0. The number of pyridine rings is 1. The second kappa shape index (κ2) is 5.48. The van der Waals surface area contributed by atoms with E-state index in [9.17, 15) is 4.79 Å². The van der Waals surface area contributed by atoms with Gasteiger partial charge in [-0.1, -0.05) is 12.1 Å². The second-order valence-corrected chi connectivity index (χ2v) is 5.31. The van der Waals surface area contributed by atoms with E-state index >= 15 is 0 Å². The number of aryl methyl sites for hydroxylation is 1. The lowest BCUT2D eigenvalue weighted by atomic mass is 10.0. The summed E-state index contributed by atoms with van der Waals surface area (Å²) in [4.78, 5) is 16.3. The minimum absolute atomic E-state index is 0.120. The van der Waals surface area contributed by atoms with Gasteiger partial charge in [0, 0.05) is 15.3 Å². The maximum absolute atomic E-state index is 12.1. The average Bonchev–Trinajstić information content (AvgIpc) is 2.35. The van der Waals surface area contributed by atoms with Gasteiger partial charge in [-0.05, 0) is 65.8 Å². The van der Waals surface area contributed by atoms with Gasteiger partial charge in [0.05, 0.1) is 0 Å². The monoisotopic (exact) mass is 352 g/mol. The molecule has 1 aromatic carbocycles. The van der Waals surface area contributed by atoms with Gasteiger partial charge in [0.15, 0.2) is 0 Å². The molecule has 2 aromatic rings. The number of hydrogen-bond donors (Lipinski definition) is 1. The fraction of sp³-hybridized carbons (Fsp3) is 0.143. The van der Waals surface area contributed by atoms with Crippen molar-refractivity contribution in [3.05, 3.63) is 56.8 Å². The van der Waals surface area contributed by atoms with Crippen LogP contribution in [0.5, 0.6) is 0 Å². The van der Waals surface area contributed by atoms with Crippen LogP contribution in [0.2, 0.25) is 0 Å². The van der Waals surface area contributed by atoms with E-state index in [1.165, 1.54) is 0 Å². The minimum Gasteiger partial charge on any atom is -0.307 e. The first-order chi connectivity index (χ1) is 8.58. The summed E-state index contributed by atoms with van der Waals surface area (Å²) in [5, 5.41) is 2.80. The molecule has 0 aliphatic heterocycles. The molecule has 0 saturated carbocycles. The van der Waals surface area contributed by atoms with Crippen molar-refractivity contribution in [2.24, 2.45) is 0 Å². The molecule has 0 radical (unpaired) electrons. The van der Waals surface area contributed by atoms with E-state index in [-0.39, 0.29) is 5.91 Å². The summed E-state index contributed by atoms with van der Waals surface area (Å²) >= 11 is 2.18. The van der Waals surface area contributed by atoms with Crippen molar-refractivity contribution in [2.45, 2.75) is 13.8 Å². The van der Waals surface area contributed by atoms with E-state index in [4.69, 9.17) is 0 Å². The Morgan fingerprint density at radius 3 is 2.67 bits per heavy atom. The topological polar surface area (TPSA) is 42.0 Å². The molecule has 0 bridgehead atoms. The zero-order valence-corrected chi connectivity index (χ0v) is 12.4. The Balaban J connectivity index is 2.22. The Hall–Kier alpha value is -1.43. The molecule has 1 heterocycles. The molecule has 0 atom stereocenters. The molecule has 2 rings (SSSR count). The zero-order valence-electron chi connectivity index (χ0n) is 10.2. The molecule has 0 fully saturated rings. The second-order valence-electron chi connectivity index (χ2n) is 4.06. The molecule has 0 aliphatic carbocycles. The third kappa shape index (κ3) is 2.87. The van der Waals surface area contributed by atoms with Crippen molar-refractivity contribution in [3.8, 4) is 0 Å². The van der Waals surface area contributed by atoms with Gasteiger partial charge in [-0.3, -0.25) is 4.79 Å². The van der Waals surface area contributed by atoms with Crippen molar-refractivity contribution >= 4 is 34.3 Å². The van der Waals surface area contributed by atoms with Gasteiger partial charge < -0.3 is 5.32 Å². The summed E-state index contributed by atoms with van der Waals surface area (Å²) in [5.41, 5.74) is 2.80. The van der Waals surface area contributed by atoms with Crippen LogP contribution in [0.4, 0.5) is 5.82 Å². The van der Waals surface area contributed by atoms with Crippen molar-refractivity contribution in [2.75, 3.05) is 5.32 Å². The zero-order chi connectivity index (χ0) is 13.1. The van der Waals surface area contributed by atoms with Gasteiger partial charge in [0.1, 0.15) is 5.82 Å². The van der Waals surface area contributed by atoms with Crippen LogP contribution in [-0.4, -0.2) is 10.9 Å².